The fourth-order valence-corrected chi connectivity index (χ4v) is 1.91. The SMILES string of the molecule is CCNC(=NCc1ccccc1[N+](=O)[O-])NCC(C)(C)SC.I. The van der Waals surface area contributed by atoms with Crippen LogP contribution in [0.15, 0.2) is 29.3 Å². The third-order valence-corrected chi connectivity index (χ3v) is 4.42. The largest absolute Gasteiger partial charge is 0.357 e. The van der Waals surface area contributed by atoms with Crippen LogP contribution in [0.1, 0.15) is 26.3 Å². The molecular formula is C15H25IN4O2S. The summed E-state index contributed by atoms with van der Waals surface area (Å²) in [7, 11) is 0. The number of benzene rings is 1. The van der Waals surface area contributed by atoms with Gasteiger partial charge in [0.05, 0.1) is 17.0 Å². The normalized spacial score (nSPS) is 11.6. The van der Waals surface area contributed by atoms with Gasteiger partial charge in [0.1, 0.15) is 0 Å². The van der Waals surface area contributed by atoms with Gasteiger partial charge >= 0.3 is 0 Å². The van der Waals surface area contributed by atoms with E-state index in [9.17, 15) is 10.1 Å². The molecule has 1 rings (SSSR count). The molecule has 0 aromatic heterocycles. The molecule has 6 nitrogen and oxygen atoms in total. The lowest BCUT2D eigenvalue weighted by Crippen LogP contribution is -2.43. The molecule has 0 amide bonds. The van der Waals surface area contributed by atoms with Gasteiger partial charge < -0.3 is 10.6 Å². The summed E-state index contributed by atoms with van der Waals surface area (Å²) < 4.78 is 0.0922. The van der Waals surface area contributed by atoms with Gasteiger partial charge in [-0.25, -0.2) is 4.99 Å². The maximum absolute atomic E-state index is 11.0. The Morgan fingerprint density at radius 3 is 2.57 bits per heavy atom. The molecule has 0 radical (unpaired) electrons. The van der Waals surface area contributed by atoms with Gasteiger partial charge in [-0.1, -0.05) is 18.2 Å². The molecule has 0 heterocycles. The van der Waals surface area contributed by atoms with Gasteiger partial charge in [0.2, 0.25) is 0 Å². The highest BCUT2D eigenvalue weighted by atomic mass is 127. The predicted molar refractivity (Wildman–Crippen MR) is 109 cm³/mol. The second-order valence-electron chi connectivity index (χ2n) is 5.40. The van der Waals surface area contributed by atoms with E-state index in [0.29, 0.717) is 11.5 Å². The van der Waals surface area contributed by atoms with E-state index in [1.165, 1.54) is 6.07 Å². The van der Waals surface area contributed by atoms with Crippen LogP contribution in [-0.2, 0) is 6.54 Å². The van der Waals surface area contributed by atoms with Gasteiger partial charge in [-0.2, -0.15) is 11.8 Å². The molecule has 1 aromatic carbocycles. The Morgan fingerprint density at radius 1 is 1.35 bits per heavy atom. The number of hydrogen-bond donors (Lipinski definition) is 2. The molecule has 0 fully saturated rings. The summed E-state index contributed by atoms with van der Waals surface area (Å²) >= 11 is 1.77. The Morgan fingerprint density at radius 2 is 2.00 bits per heavy atom. The van der Waals surface area contributed by atoms with E-state index in [4.69, 9.17) is 0 Å². The van der Waals surface area contributed by atoms with Crippen molar-refractivity contribution in [2.24, 2.45) is 4.99 Å². The monoisotopic (exact) mass is 452 g/mol. The quantitative estimate of drug-likeness (QED) is 0.218. The maximum Gasteiger partial charge on any atom is 0.274 e. The minimum Gasteiger partial charge on any atom is -0.357 e. The number of halogens is 1. The fraction of sp³-hybridized carbons (Fsp3) is 0.533. The van der Waals surface area contributed by atoms with Gasteiger partial charge in [0, 0.05) is 23.9 Å². The Hall–Kier alpha value is -1.03. The van der Waals surface area contributed by atoms with Crippen LogP contribution in [0, 0.1) is 10.1 Å². The van der Waals surface area contributed by atoms with Crippen molar-refractivity contribution >= 4 is 47.4 Å². The Balaban J connectivity index is 0.00000484. The highest BCUT2D eigenvalue weighted by molar-refractivity contribution is 14.0. The van der Waals surface area contributed by atoms with Crippen molar-refractivity contribution in [1.82, 2.24) is 10.6 Å². The summed E-state index contributed by atoms with van der Waals surface area (Å²) in [5.41, 5.74) is 0.709. The molecule has 0 spiro atoms. The summed E-state index contributed by atoms with van der Waals surface area (Å²) in [6, 6.07) is 6.68. The minimum absolute atomic E-state index is 0. The van der Waals surface area contributed by atoms with Crippen molar-refractivity contribution in [2.45, 2.75) is 32.1 Å². The van der Waals surface area contributed by atoms with Gasteiger partial charge in [-0.15, -0.1) is 24.0 Å². The van der Waals surface area contributed by atoms with Crippen molar-refractivity contribution < 1.29 is 4.92 Å². The molecule has 0 atom stereocenters. The number of nitrogens with one attached hydrogen (secondary N) is 2. The number of para-hydroxylation sites is 1. The van der Waals surface area contributed by atoms with Gasteiger partial charge in [-0.05, 0) is 27.0 Å². The van der Waals surface area contributed by atoms with Crippen LogP contribution in [-0.4, -0.2) is 35.0 Å². The average Bonchev–Trinajstić information content (AvgIpc) is 2.50. The van der Waals surface area contributed by atoms with E-state index < -0.39 is 0 Å². The van der Waals surface area contributed by atoms with Crippen LogP contribution in [0.5, 0.6) is 0 Å². The zero-order valence-electron chi connectivity index (χ0n) is 14.0. The lowest BCUT2D eigenvalue weighted by molar-refractivity contribution is -0.385. The molecule has 0 aliphatic rings. The first-order chi connectivity index (χ1) is 10.4. The van der Waals surface area contributed by atoms with Crippen molar-refractivity contribution in [3.8, 4) is 0 Å². The van der Waals surface area contributed by atoms with Crippen LogP contribution in [0.3, 0.4) is 0 Å². The zero-order chi connectivity index (χ0) is 16.6. The molecule has 23 heavy (non-hydrogen) atoms. The number of nitrogens with zero attached hydrogens (tertiary/aromatic N) is 2. The van der Waals surface area contributed by atoms with Crippen molar-refractivity contribution in [2.75, 3.05) is 19.3 Å². The molecule has 8 heteroatoms. The Kier molecular flexibility index (Phi) is 10.2. The topological polar surface area (TPSA) is 79.6 Å². The molecule has 0 aliphatic heterocycles. The van der Waals surface area contributed by atoms with Gasteiger partial charge in [0.15, 0.2) is 5.96 Å². The number of nitro groups is 1. The Labute approximate surface area is 159 Å². The van der Waals surface area contributed by atoms with E-state index in [-0.39, 0.29) is 45.9 Å². The highest BCUT2D eigenvalue weighted by Crippen LogP contribution is 2.20. The van der Waals surface area contributed by atoms with Crippen molar-refractivity contribution in [3.63, 3.8) is 0 Å². The summed E-state index contributed by atoms with van der Waals surface area (Å²) in [6.45, 7) is 8.06. The van der Waals surface area contributed by atoms with Crippen molar-refractivity contribution in [3.05, 3.63) is 39.9 Å². The number of thioether (sulfide) groups is 1. The number of rotatable bonds is 7. The molecule has 0 unspecified atom stereocenters. The molecule has 0 aliphatic carbocycles. The molecular weight excluding hydrogens is 427 g/mol. The third kappa shape index (κ3) is 7.87. The molecule has 0 bridgehead atoms. The number of aliphatic imine (C=N–C) groups is 1. The lowest BCUT2D eigenvalue weighted by Gasteiger charge is -2.23. The summed E-state index contributed by atoms with van der Waals surface area (Å²) in [6.07, 6.45) is 2.07. The number of guanidine groups is 1. The minimum atomic E-state index is -0.373. The van der Waals surface area contributed by atoms with E-state index >= 15 is 0 Å². The first-order valence-corrected chi connectivity index (χ1v) is 8.41. The number of hydrogen-bond acceptors (Lipinski definition) is 4. The molecule has 2 N–H and O–H groups in total. The first kappa shape index (κ1) is 22.0. The highest BCUT2D eigenvalue weighted by Gasteiger charge is 2.16. The standard InChI is InChI=1S/C15H24N4O2S.HI/c1-5-16-14(18-11-15(2,3)22-4)17-10-12-8-6-7-9-13(12)19(20)21;/h6-9H,5,10-11H2,1-4H3,(H2,16,17,18);1H. The third-order valence-electron chi connectivity index (χ3n) is 3.17. The smallest absolute Gasteiger partial charge is 0.274 e. The summed E-state index contributed by atoms with van der Waals surface area (Å²) in [5.74, 6) is 0.669. The van der Waals surface area contributed by atoms with Crippen molar-refractivity contribution in [1.29, 1.82) is 0 Å². The van der Waals surface area contributed by atoms with E-state index in [2.05, 4.69) is 35.7 Å². The molecule has 1 aromatic rings. The van der Waals surface area contributed by atoms with Crippen LogP contribution >= 0.6 is 35.7 Å². The maximum atomic E-state index is 11.0. The first-order valence-electron chi connectivity index (χ1n) is 7.19. The molecule has 130 valence electrons. The van der Waals surface area contributed by atoms with E-state index in [1.807, 2.05) is 6.92 Å². The van der Waals surface area contributed by atoms with E-state index in [0.717, 1.165) is 13.1 Å². The summed E-state index contributed by atoms with van der Waals surface area (Å²) in [5, 5.41) is 17.4. The number of nitro benzene ring substituents is 1. The Bertz CT molecular complexity index is 538. The average molecular weight is 452 g/mol. The van der Waals surface area contributed by atoms with E-state index in [1.54, 1.807) is 30.0 Å². The summed E-state index contributed by atoms with van der Waals surface area (Å²) in [4.78, 5) is 15.1. The second kappa shape index (κ2) is 10.7. The van der Waals surface area contributed by atoms with Crippen LogP contribution in [0.2, 0.25) is 0 Å². The van der Waals surface area contributed by atoms with Gasteiger partial charge in [-0.3, -0.25) is 10.1 Å². The lowest BCUT2D eigenvalue weighted by atomic mass is 10.2. The molecule has 0 saturated carbocycles. The molecule has 0 saturated heterocycles. The zero-order valence-corrected chi connectivity index (χ0v) is 17.1. The van der Waals surface area contributed by atoms with Crippen LogP contribution in [0.4, 0.5) is 5.69 Å². The van der Waals surface area contributed by atoms with Crippen LogP contribution in [0.25, 0.3) is 0 Å². The fourth-order valence-electron chi connectivity index (χ4n) is 1.70. The second-order valence-corrected chi connectivity index (χ2v) is 6.91. The van der Waals surface area contributed by atoms with Crippen LogP contribution < -0.4 is 10.6 Å². The predicted octanol–water partition coefficient (Wildman–Crippen LogP) is 3.41. The van der Waals surface area contributed by atoms with Gasteiger partial charge in [0.25, 0.3) is 5.69 Å².